The van der Waals surface area contributed by atoms with Gasteiger partial charge >= 0.3 is 0 Å². The zero-order valence-electron chi connectivity index (χ0n) is 14.9. The van der Waals surface area contributed by atoms with Gasteiger partial charge in [0.25, 0.3) is 11.5 Å². The topological polar surface area (TPSA) is 76.9 Å². The monoisotopic (exact) mass is 368 g/mol. The second-order valence-electron chi connectivity index (χ2n) is 6.07. The maximum absolute atomic E-state index is 12.9. The minimum absolute atomic E-state index is 0.163. The van der Waals surface area contributed by atoms with Gasteiger partial charge in [0.2, 0.25) is 0 Å². The fourth-order valence-corrected chi connectivity index (χ4v) is 3.42. The predicted molar refractivity (Wildman–Crippen MR) is 102 cm³/mol. The van der Waals surface area contributed by atoms with Crippen LogP contribution in [0.5, 0.6) is 0 Å². The molecular formula is C19H20N4O2S. The van der Waals surface area contributed by atoms with Gasteiger partial charge in [-0.25, -0.2) is 0 Å². The second kappa shape index (κ2) is 7.61. The standard InChI is InChI=1S/C19H20N4O2S/c1-12-9-10-23(13(2)15-7-5-4-6-8-15)19(25)17(12)18(24)20-11-16-22-21-14(3)26-16/h4-10,13H,11H2,1-3H3,(H,20,24). The van der Waals surface area contributed by atoms with Gasteiger partial charge in [-0.3, -0.25) is 9.59 Å². The summed E-state index contributed by atoms with van der Waals surface area (Å²) in [6.07, 6.45) is 1.74. The molecule has 3 rings (SSSR count). The van der Waals surface area contributed by atoms with Gasteiger partial charge in [0.15, 0.2) is 0 Å². The van der Waals surface area contributed by atoms with Gasteiger partial charge in [-0.15, -0.1) is 10.2 Å². The van der Waals surface area contributed by atoms with Gasteiger partial charge < -0.3 is 9.88 Å². The summed E-state index contributed by atoms with van der Waals surface area (Å²) < 4.78 is 1.59. The molecule has 1 atom stereocenters. The SMILES string of the molecule is Cc1nnc(CNC(=O)c2c(C)ccn(C(C)c3ccccc3)c2=O)s1. The lowest BCUT2D eigenvalue weighted by Crippen LogP contribution is -2.35. The van der Waals surface area contributed by atoms with E-state index in [4.69, 9.17) is 0 Å². The number of carbonyl (C=O) groups is 1. The van der Waals surface area contributed by atoms with Crippen molar-refractivity contribution in [1.29, 1.82) is 0 Å². The second-order valence-corrected chi connectivity index (χ2v) is 7.34. The van der Waals surface area contributed by atoms with Crippen molar-refractivity contribution in [2.24, 2.45) is 0 Å². The highest BCUT2D eigenvalue weighted by Crippen LogP contribution is 2.16. The van der Waals surface area contributed by atoms with Crippen molar-refractivity contribution in [3.8, 4) is 0 Å². The van der Waals surface area contributed by atoms with Crippen LogP contribution in [-0.4, -0.2) is 20.7 Å². The molecule has 1 amide bonds. The van der Waals surface area contributed by atoms with E-state index in [1.807, 2.05) is 44.2 Å². The first kappa shape index (κ1) is 18.0. The summed E-state index contributed by atoms with van der Waals surface area (Å²) in [5.41, 5.74) is 1.52. The molecule has 1 N–H and O–H groups in total. The van der Waals surface area contributed by atoms with Crippen LogP contribution < -0.4 is 10.9 Å². The van der Waals surface area contributed by atoms with Crippen LogP contribution in [-0.2, 0) is 6.54 Å². The summed E-state index contributed by atoms with van der Waals surface area (Å²) in [7, 11) is 0. The molecule has 0 saturated carbocycles. The molecule has 26 heavy (non-hydrogen) atoms. The number of carbonyl (C=O) groups excluding carboxylic acids is 1. The molecule has 2 aromatic heterocycles. The zero-order chi connectivity index (χ0) is 18.7. The van der Waals surface area contributed by atoms with E-state index in [1.165, 1.54) is 11.3 Å². The fraction of sp³-hybridized carbons (Fsp3) is 0.263. The average molecular weight is 368 g/mol. The highest BCUT2D eigenvalue weighted by atomic mass is 32.1. The maximum atomic E-state index is 12.9. The Morgan fingerprint density at radius 2 is 1.92 bits per heavy atom. The molecule has 1 aromatic carbocycles. The summed E-state index contributed by atoms with van der Waals surface area (Å²) in [4.78, 5) is 25.5. The van der Waals surface area contributed by atoms with Gasteiger partial charge in [0, 0.05) is 6.20 Å². The molecule has 0 bridgehead atoms. The van der Waals surface area contributed by atoms with Crippen LogP contribution in [0.1, 0.15) is 44.5 Å². The molecule has 0 saturated heterocycles. The van der Waals surface area contributed by atoms with Crippen LogP contribution in [0.15, 0.2) is 47.4 Å². The number of aromatic nitrogens is 3. The van der Waals surface area contributed by atoms with Crippen molar-refractivity contribution in [1.82, 2.24) is 20.1 Å². The first-order valence-electron chi connectivity index (χ1n) is 8.31. The number of nitrogens with zero attached hydrogens (tertiary/aromatic N) is 3. The minimum Gasteiger partial charge on any atom is -0.345 e. The fourth-order valence-electron chi connectivity index (χ4n) is 2.77. The molecule has 134 valence electrons. The number of pyridine rings is 1. The molecule has 0 aliphatic rings. The summed E-state index contributed by atoms with van der Waals surface area (Å²) in [5, 5.41) is 12.2. The molecule has 0 aliphatic carbocycles. The van der Waals surface area contributed by atoms with E-state index in [9.17, 15) is 9.59 Å². The molecule has 3 aromatic rings. The number of nitrogens with one attached hydrogen (secondary N) is 1. The van der Waals surface area contributed by atoms with Crippen LogP contribution in [0.3, 0.4) is 0 Å². The van der Waals surface area contributed by atoms with Crippen molar-refractivity contribution in [3.05, 3.63) is 79.7 Å². The van der Waals surface area contributed by atoms with Gasteiger partial charge in [-0.05, 0) is 38.0 Å². The Morgan fingerprint density at radius 3 is 2.58 bits per heavy atom. The number of aryl methyl sites for hydroxylation is 2. The molecule has 0 aliphatic heterocycles. The van der Waals surface area contributed by atoms with E-state index in [-0.39, 0.29) is 23.7 Å². The lowest BCUT2D eigenvalue weighted by atomic mass is 10.1. The van der Waals surface area contributed by atoms with Crippen LogP contribution in [0, 0.1) is 13.8 Å². The largest absolute Gasteiger partial charge is 0.345 e. The van der Waals surface area contributed by atoms with Crippen molar-refractivity contribution in [2.75, 3.05) is 0 Å². The quantitative estimate of drug-likeness (QED) is 0.751. The molecule has 0 fully saturated rings. The van der Waals surface area contributed by atoms with Crippen LogP contribution in [0.25, 0.3) is 0 Å². The molecule has 7 heteroatoms. The minimum atomic E-state index is -0.394. The number of rotatable bonds is 5. The molecule has 1 unspecified atom stereocenters. The third kappa shape index (κ3) is 3.72. The molecule has 0 spiro atoms. The smallest absolute Gasteiger partial charge is 0.264 e. The van der Waals surface area contributed by atoms with E-state index >= 15 is 0 Å². The number of hydrogen-bond acceptors (Lipinski definition) is 5. The lowest BCUT2D eigenvalue weighted by molar-refractivity contribution is 0.0948. The first-order valence-corrected chi connectivity index (χ1v) is 9.13. The van der Waals surface area contributed by atoms with Gasteiger partial charge in [-0.1, -0.05) is 41.7 Å². The van der Waals surface area contributed by atoms with Gasteiger partial charge in [0.1, 0.15) is 15.6 Å². The maximum Gasteiger partial charge on any atom is 0.264 e. The molecule has 2 heterocycles. The van der Waals surface area contributed by atoms with Crippen LogP contribution in [0.2, 0.25) is 0 Å². The molecule has 6 nitrogen and oxygen atoms in total. The Labute approximate surface area is 155 Å². The summed E-state index contributed by atoms with van der Waals surface area (Å²) in [5.74, 6) is -0.394. The van der Waals surface area contributed by atoms with E-state index < -0.39 is 5.91 Å². The Balaban J connectivity index is 1.87. The third-order valence-corrected chi connectivity index (χ3v) is 5.06. The number of amides is 1. The van der Waals surface area contributed by atoms with Crippen molar-refractivity contribution >= 4 is 17.2 Å². The number of benzene rings is 1. The van der Waals surface area contributed by atoms with E-state index in [2.05, 4.69) is 15.5 Å². The van der Waals surface area contributed by atoms with Crippen molar-refractivity contribution in [2.45, 2.75) is 33.4 Å². The zero-order valence-corrected chi connectivity index (χ0v) is 15.7. The van der Waals surface area contributed by atoms with Gasteiger partial charge in [0.05, 0.1) is 12.6 Å². The first-order chi connectivity index (χ1) is 12.5. The van der Waals surface area contributed by atoms with Crippen LogP contribution >= 0.6 is 11.3 Å². The third-order valence-electron chi connectivity index (χ3n) is 4.22. The molecule has 0 radical (unpaired) electrons. The normalized spacial score (nSPS) is 12.0. The Bertz CT molecular complexity index is 979. The molecular weight excluding hydrogens is 348 g/mol. The lowest BCUT2D eigenvalue weighted by Gasteiger charge is -2.17. The van der Waals surface area contributed by atoms with E-state index in [0.717, 1.165) is 10.6 Å². The van der Waals surface area contributed by atoms with Crippen molar-refractivity contribution < 1.29 is 4.79 Å². The van der Waals surface area contributed by atoms with E-state index in [0.29, 0.717) is 10.6 Å². The average Bonchev–Trinajstić information content (AvgIpc) is 3.06. The summed E-state index contributed by atoms with van der Waals surface area (Å²) in [6.45, 7) is 5.82. The highest BCUT2D eigenvalue weighted by Gasteiger charge is 2.19. The predicted octanol–water partition coefficient (Wildman–Crippen LogP) is 2.86. The highest BCUT2D eigenvalue weighted by molar-refractivity contribution is 7.11. The number of hydrogen-bond donors (Lipinski definition) is 1. The van der Waals surface area contributed by atoms with Gasteiger partial charge in [-0.2, -0.15) is 0 Å². The Morgan fingerprint density at radius 1 is 1.19 bits per heavy atom. The van der Waals surface area contributed by atoms with E-state index in [1.54, 1.807) is 23.8 Å². The summed E-state index contributed by atoms with van der Waals surface area (Å²) in [6, 6.07) is 11.4. The van der Waals surface area contributed by atoms with Crippen molar-refractivity contribution in [3.63, 3.8) is 0 Å². The Hall–Kier alpha value is -2.80. The summed E-state index contributed by atoms with van der Waals surface area (Å²) >= 11 is 1.42. The Kier molecular flexibility index (Phi) is 5.27. The van der Waals surface area contributed by atoms with Crippen LogP contribution in [0.4, 0.5) is 0 Å².